The molecule has 6 nitrogen and oxygen atoms in total. The molecule has 0 bridgehead atoms. The van der Waals surface area contributed by atoms with Gasteiger partial charge in [0.05, 0.1) is 32.7 Å². The van der Waals surface area contributed by atoms with Crippen LogP contribution in [0.15, 0.2) is 65.7 Å². The zero-order chi connectivity index (χ0) is 23.4. The minimum absolute atomic E-state index is 0.208. The van der Waals surface area contributed by atoms with Crippen LogP contribution in [0.25, 0.3) is 21.5 Å². The van der Waals surface area contributed by atoms with Gasteiger partial charge in [0.2, 0.25) is 5.75 Å². The zero-order valence-electron chi connectivity index (χ0n) is 19.1. The van der Waals surface area contributed by atoms with Gasteiger partial charge in [-0.25, -0.2) is 0 Å². The Morgan fingerprint density at radius 2 is 1.53 bits per heavy atom. The number of methoxy groups -OCH3 is 3. The quantitative estimate of drug-likeness (QED) is 0.305. The first-order valence-corrected chi connectivity index (χ1v) is 11.1. The molecule has 6 rings (SSSR count). The third-order valence-corrected chi connectivity index (χ3v) is 6.83. The first-order valence-electron chi connectivity index (χ1n) is 11.1. The topological polar surface area (TPSA) is 66.4 Å². The fourth-order valence-corrected chi connectivity index (χ4v) is 5.30. The maximum absolute atomic E-state index is 13.0. The van der Waals surface area contributed by atoms with Gasteiger partial charge in [0.1, 0.15) is 12.5 Å². The van der Waals surface area contributed by atoms with Gasteiger partial charge < -0.3 is 18.9 Å². The van der Waals surface area contributed by atoms with E-state index in [9.17, 15) is 4.79 Å². The lowest BCUT2D eigenvalue weighted by molar-refractivity contribution is -0.141. The second-order valence-electron chi connectivity index (χ2n) is 8.54. The van der Waals surface area contributed by atoms with Gasteiger partial charge in [0.15, 0.2) is 11.5 Å². The average Bonchev–Trinajstić information content (AvgIpc) is 3.25. The van der Waals surface area contributed by atoms with Crippen molar-refractivity contribution in [1.29, 1.82) is 0 Å². The molecule has 6 heteroatoms. The molecule has 4 aromatic carbocycles. The smallest absolute Gasteiger partial charge is 0.316 e. The molecule has 0 radical (unpaired) electrons. The first kappa shape index (κ1) is 20.5. The van der Waals surface area contributed by atoms with E-state index < -0.39 is 5.92 Å². The number of aliphatic imine (C=N–C) groups is 1. The van der Waals surface area contributed by atoms with Gasteiger partial charge in [-0.2, -0.15) is 0 Å². The number of esters is 1. The number of rotatable bonds is 4. The number of hydrogen-bond acceptors (Lipinski definition) is 6. The Labute approximate surface area is 196 Å². The van der Waals surface area contributed by atoms with E-state index in [4.69, 9.17) is 23.9 Å². The van der Waals surface area contributed by atoms with E-state index >= 15 is 0 Å². The van der Waals surface area contributed by atoms with E-state index in [-0.39, 0.29) is 18.5 Å². The molecule has 2 aliphatic heterocycles. The Balaban J connectivity index is 1.68. The Morgan fingerprint density at radius 1 is 0.824 bits per heavy atom. The molecule has 0 aromatic heterocycles. The Hall–Kier alpha value is -4.06. The Bertz CT molecular complexity index is 1480. The summed E-state index contributed by atoms with van der Waals surface area (Å²) in [4.78, 5) is 17.9. The van der Waals surface area contributed by atoms with Crippen LogP contribution in [0, 0.1) is 5.92 Å². The van der Waals surface area contributed by atoms with Gasteiger partial charge in [0.25, 0.3) is 0 Å². The Kier molecular flexibility index (Phi) is 4.69. The van der Waals surface area contributed by atoms with Crippen molar-refractivity contribution in [3.05, 3.63) is 71.8 Å². The van der Waals surface area contributed by atoms with Gasteiger partial charge >= 0.3 is 5.97 Å². The molecule has 0 aliphatic carbocycles. The predicted octanol–water partition coefficient (Wildman–Crippen LogP) is 5.41. The number of benzene rings is 4. The first-order chi connectivity index (χ1) is 16.6. The minimum atomic E-state index is -0.507. The number of cyclic esters (lactones) is 1. The van der Waals surface area contributed by atoms with E-state index in [2.05, 4.69) is 30.3 Å². The second kappa shape index (κ2) is 7.76. The van der Waals surface area contributed by atoms with Crippen LogP contribution in [-0.4, -0.2) is 39.6 Å². The minimum Gasteiger partial charge on any atom is -0.493 e. The normalized spacial score (nSPS) is 18.8. The highest BCUT2D eigenvalue weighted by Gasteiger charge is 2.45. The highest BCUT2D eigenvalue weighted by molar-refractivity contribution is 6.13. The molecule has 34 heavy (non-hydrogen) atoms. The van der Waals surface area contributed by atoms with Gasteiger partial charge in [0, 0.05) is 5.92 Å². The summed E-state index contributed by atoms with van der Waals surface area (Å²) in [7, 11) is 4.76. The standard InChI is InChI=1S/C28H23NO5/c1-31-22-12-18(13-23(32-2)27(22)33-3)24-25-19-11-16-7-5-4-6-15(16)10-17(19)8-9-20(25)29-21-14-34-28(30)26(21)24/h4-13,24,26H,14H2,1-3H3. The maximum atomic E-state index is 13.0. The summed E-state index contributed by atoms with van der Waals surface area (Å²) in [5, 5.41) is 4.47. The number of carbonyl (C=O) groups is 1. The molecule has 1 fully saturated rings. The lowest BCUT2D eigenvalue weighted by atomic mass is 9.74. The summed E-state index contributed by atoms with van der Waals surface area (Å²) in [6.07, 6.45) is 0. The highest BCUT2D eigenvalue weighted by atomic mass is 16.5. The van der Waals surface area contributed by atoms with Crippen LogP contribution in [-0.2, 0) is 9.53 Å². The van der Waals surface area contributed by atoms with Crippen molar-refractivity contribution in [1.82, 2.24) is 0 Å². The maximum Gasteiger partial charge on any atom is 0.316 e. The molecule has 2 unspecified atom stereocenters. The van der Waals surface area contributed by atoms with Crippen LogP contribution in [0.1, 0.15) is 17.0 Å². The third-order valence-electron chi connectivity index (χ3n) is 6.83. The molecular weight excluding hydrogens is 430 g/mol. The van der Waals surface area contributed by atoms with E-state index in [0.717, 1.165) is 38.7 Å². The molecule has 2 atom stereocenters. The molecule has 0 saturated carbocycles. The monoisotopic (exact) mass is 453 g/mol. The molecule has 170 valence electrons. The van der Waals surface area contributed by atoms with Crippen molar-refractivity contribution in [3.8, 4) is 17.2 Å². The van der Waals surface area contributed by atoms with Crippen LogP contribution in [0.4, 0.5) is 5.69 Å². The molecule has 0 spiro atoms. The number of ether oxygens (including phenoxy) is 4. The number of hydrogen-bond donors (Lipinski definition) is 0. The lowest BCUT2D eigenvalue weighted by Gasteiger charge is -2.30. The van der Waals surface area contributed by atoms with Crippen molar-refractivity contribution in [2.45, 2.75) is 5.92 Å². The SMILES string of the molecule is COc1cc(C2c3c(ccc4cc5ccccc5cc34)N=C3COC(=O)C32)cc(OC)c1OC. The van der Waals surface area contributed by atoms with Crippen molar-refractivity contribution >= 4 is 38.9 Å². The number of carbonyl (C=O) groups excluding carboxylic acids is 1. The van der Waals surface area contributed by atoms with Crippen molar-refractivity contribution in [3.63, 3.8) is 0 Å². The lowest BCUT2D eigenvalue weighted by Crippen LogP contribution is -2.28. The Morgan fingerprint density at radius 3 is 2.21 bits per heavy atom. The van der Waals surface area contributed by atoms with E-state index in [1.165, 1.54) is 5.39 Å². The highest BCUT2D eigenvalue weighted by Crippen LogP contribution is 2.51. The van der Waals surface area contributed by atoms with Gasteiger partial charge in [-0.15, -0.1) is 0 Å². The zero-order valence-corrected chi connectivity index (χ0v) is 19.1. The average molecular weight is 453 g/mol. The van der Waals surface area contributed by atoms with Crippen LogP contribution < -0.4 is 14.2 Å². The third kappa shape index (κ3) is 2.95. The van der Waals surface area contributed by atoms with Crippen LogP contribution in [0.5, 0.6) is 17.2 Å². The number of fused-ring (bicyclic) bond motifs is 5. The molecule has 2 aliphatic rings. The molecule has 2 heterocycles. The number of nitrogens with zero attached hydrogens (tertiary/aromatic N) is 1. The molecular formula is C28H23NO5. The molecule has 1 saturated heterocycles. The molecule has 0 N–H and O–H groups in total. The summed E-state index contributed by atoms with van der Waals surface area (Å²) in [6, 6.07) is 20.6. The largest absolute Gasteiger partial charge is 0.493 e. The van der Waals surface area contributed by atoms with Crippen molar-refractivity contribution in [2.75, 3.05) is 27.9 Å². The summed E-state index contributed by atoms with van der Waals surface area (Å²) in [5.41, 5.74) is 3.49. The molecule has 0 amide bonds. The van der Waals surface area contributed by atoms with Crippen molar-refractivity contribution in [2.24, 2.45) is 10.9 Å². The van der Waals surface area contributed by atoms with Crippen LogP contribution in [0.3, 0.4) is 0 Å². The summed E-state index contributed by atoms with van der Waals surface area (Å²) >= 11 is 0. The second-order valence-corrected chi connectivity index (χ2v) is 8.54. The van der Waals surface area contributed by atoms with E-state index in [1.54, 1.807) is 21.3 Å². The van der Waals surface area contributed by atoms with Crippen LogP contribution in [0.2, 0.25) is 0 Å². The van der Waals surface area contributed by atoms with E-state index in [1.807, 2.05) is 30.3 Å². The summed E-state index contributed by atoms with van der Waals surface area (Å²) in [5.74, 6) is 0.514. The van der Waals surface area contributed by atoms with Gasteiger partial charge in [-0.05, 0) is 63.0 Å². The fourth-order valence-electron chi connectivity index (χ4n) is 5.30. The summed E-state index contributed by atoms with van der Waals surface area (Å²) in [6.45, 7) is 0.208. The predicted molar refractivity (Wildman–Crippen MR) is 131 cm³/mol. The summed E-state index contributed by atoms with van der Waals surface area (Å²) < 4.78 is 22.3. The van der Waals surface area contributed by atoms with Gasteiger partial charge in [-0.3, -0.25) is 9.79 Å². The van der Waals surface area contributed by atoms with E-state index in [0.29, 0.717) is 17.2 Å². The van der Waals surface area contributed by atoms with Crippen LogP contribution >= 0.6 is 0 Å². The fraction of sp³-hybridized carbons (Fsp3) is 0.214. The van der Waals surface area contributed by atoms with Gasteiger partial charge in [-0.1, -0.05) is 30.3 Å². The van der Waals surface area contributed by atoms with Crippen molar-refractivity contribution < 1.29 is 23.7 Å². The molecule has 4 aromatic rings.